The lowest BCUT2D eigenvalue weighted by Gasteiger charge is -2.34. The van der Waals surface area contributed by atoms with Crippen LogP contribution in [0.3, 0.4) is 0 Å². The first-order valence-corrected chi connectivity index (χ1v) is 11.1. The van der Waals surface area contributed by atoms with Crippen LogP contribution < -0.4 is 10.6 Å². The molecule has 166 valence electrons. The van der Waals surface area contributed by atoms with Gasteiger partial charge in [-0.2, -0.15) is 4.31 Å². The molecule has 31 heavy (non-hydrogen) atoms. The van der Waals surface area contributed by atoms with Crippen LogP contribution in [0.25, 0.3) is 0 Å². The van der Waals surface area contributed by atoms with Gasteiger partial charge in [-0.05, 0) is 48.7 Å². The summed E-state index contributed by atoms with van der Waals surface area (Å²) in [5, 5.41) is 4.87. The molecule has 0 saturated carbocycles. The van der Waals surface area contributed by atoms with Crippen LogP contribution in [0.15, 0.2) is 47.6 Å². The summed E-state index contributed by atoms with van der Waals surface area (Å²) in [5.41, 5.74) is 0.931. The van der Waals surface area contributed by atoms with Crippen molar-refractivity contribution in [3.05, 3.63) is 59.7 Å². The van der Waals surface area contributed by atoms with Crippen LogP contribution >= 0.6 is 0 Å². The van der Waals surface area contributed by atoms with E-state index in [1.165, 1.54) is 19.1 Å². The second kappa shape index (κ2) is 9.94. The highest BCUT2D eigenvalue weighted by atomic mass is 32.2. The van der Waals surface area contributed by atoms with Gasteiger partial charge in [-0.25, -0.2) is 12.8 Å². The third-order valence-corrected chi connectivity index (χ3v) is 6.59. The Kier molecular flexibility index (Phi) is 7.31. The number of carbonyl (C=O) groups is 2. The SMILES string of the molecule is Cc1cc(S(=O)(=O)N2CCCO[C@H]2CNC(=O)C(=O)NCc2cccnc2)ccc1F. The zero-order valence-corrected chi connectivity index (χ0v) is 17.7. The van der Waals surface area contributed by atoms with Gasteiger partial charge in [0, 0.05) is 25.5 Å². The maximum atomic E-state index is 13.5. The Morgan fingerprint density at radius 3 is 2.74 bits per heavy atom. The van der Waals surface area contributed by atoms with E-state index >= 15 is 0 Å². The van der Waals surface area contributed by atoms with Crippen molar-refractivity contribution < 1.29 is 27.1 Å². The van der Waals surface area contributed by atoms with Gasteiger partial charge in [0.15, 0.2) is 0 Å². The van der Waals surface area contributed by atoms with Gasteiger partial charge in [0.05, 0.1) is 18.0 Å². The van der Waals surface area contributed by atoms with Crippen molar-refractivity contribution in [2.24, 2.45) is 0 Å². The zero-order valence-electron chi connectivity index (χ0n) is 16.9. The zero-order chi connectivity index (χ0) is 22.4. The molecule has 9 nitrogen and oxygen atoms in total. The van der Waals surface area contributed by atoms with Crippen LogP contribution in [-0.4, -0.2) is 55.4 Å². The number of nitrogens with zero attached hydrogens (tertiary/aromatic N) is 2. The summed E-state index contributed by atoms with van der Waals surface area (Å²) < 4.78 is 46.2. The summed E-state index contributed by atoms with van der Waals surface area (Å²) in [6, 6.07) is 6.99. The first-order valence-electron chi connectivity index (χ1n) is 9.63. The van der Waals surface area contributed by atoms with Crippen LogP contribution in [0.2, 0.25) is 0 Å². The summed E-state index contributed by atoms with van der Waals surface area (Å²) in [6.45, 7) is 1.88. The molecular formula is C20H23FN4O5S. The minimum absolute atomic E-state index is 0.0672. The highest BCUT2D eigenvalue weighted by Crippen LogP contribution is 2.23. The Labute approximate surface area is 179 Å². The normalized spacial score (nSPS) is 17.2. The van der Waals surface area contributed by atoms with Gasteiger partial charge in [0.25, 0.3) is 0 Å². The fraction of sp³-hybridized carbons (Fsp3) is 0.350. The number of aryl methyl sites for hydroxylation is 1. The summed E-state index contributed by atoms with van der Waals surface area (Å²) in [4.78, 5) is 28.0. The molecule has 1 fully saturated rings. The molecule has 1 aliphatic rings. The number of rotatable bonds is 6. The average Bonchev–Trinajstić information content (AvgIpc) is 2.78. The lowest BCUT2D eigenvalue weighted by Crippen LogP contribution is -2.53. The van der Waals surface area contributed by atoms with Crippen molar-refractivity contribution in [3.8, 4) is 0 Å². The van der Waals surface area contributed by atoms with Gasteiger partial charge in [-0.3, -0.25) is 14.6 Å². The first kappa shape index (κ1) is 22.8. The Hall–Kier alpha value is -2.89. The van der Waals surface area contributed by atoms with Gasteiger partial charge < -0.3 is 15.4 Å². The molecule has 0 radical (unpaired) electrons. The number of pyridine rings is 1. The number of ether oxygens (including phenoxy) is 1. The van der Waals surface area contributed by atoms with Gasteiger partial charge in [-0.1, -0.05) is 6.07 Å². The number of sulfonamides is 1. The van der Waals surface area contributed by atoms with E-state index in [0.29, 0.717) is 13.0 Å². The number of hydrogen-bond acceptors (Lipinski definition) is 6. The molecule has 1 aromatic heterocycles. The second-order valence-electron chi connectivity index (χ2n) is 6.96. The minimum Gasteiger partial charge on any atom is -0.360 e. The van der Waals surface area contributed by atoms with Gasteiger partial charge in [0.1, 0.15) is 12.0 Å². The molecule has 0 bridgehead atoms. The highest BCUT2D eigenvalue weighted by molar-refractivity contribution is 7.89. The molecule has 1 aliphatic heterocycles. The minimum atomic E-state index is -3.98. The number of carbonyl (C=O) groups excluding carboxylic acids is 2. The van der Waals surface area contributed by atoms with Crippen molar-refractivity contribution in [1.82, 2.24) is 19.9 Å². The Morgan fingerprint density at radius 1 is 1.26 bits per heavy atom. The number of halogens is 1. The molecule has 0 aliphatic carbocycles. The fourth-order valence-corrected chi connectivity index (χ4v) is 4.69. The third kappa shape index (κ3) is 5.63. The number of nitrogens with one attached hydrogen (secondary N) is 2. The lowest BCUT2D eigenvalue weighted by atomic mass is 10.2. The van der Waals surface area contributed by atoms with Crippen LogP contribution in [0.4, 0.5) is 4.39 Å². The molecule has 2 heterocycles. The Bertz CT molecular complexity index is 1050. The second-order valence-corrected chi connectivity index (χ2v) is 8.85. The smallest absolute Gasteiger partial charge is 0.309 e. The van der Waals surface area contributed by atoms with E-state index in [2.05, 4.69) is 15.6 Å². The number of hydrogen-bond donors (Lipinski definition) is 2. The lowest BCUT2D eigenvalue weighted by molar-refractivity contribution is -0.140. The Morgan fingerprint density at radius 2 is 2.03 bits per heavy atom. The monoisotopic (exact) mass is 450 g/mol. The average molecular weight is 450 g/mol. The molecule has 2 aromatic rings. The van der Waals surface area contributed by atoms with Crippen LogP contribution in [0.1, 0.15) is 17.5 Å². The highest BCUT2D eigenvalue weighted by Gasteiger charge is 2.35. The van der Waals surface area contributed by atoms with E-state index in [4.69, 9.17) is 4.74 Å². The molecule has 1 saturated heterocycles. The number of aromatic nitrogens is 1. The summed E-state index contributed by atoms with van der Waals surface area (Å²) in [5.74, 6) is -2.27. The maximum Gasteiger partial charge on any atom is 0.309 e. The topological polar surface area (TPSA) is 118 Å². The summed E-state index contributed by atoms with van der Waals surface area (Å²) >= 11 is 0. The van der Waals surface area contributed by atoms with Crippen LogP contribution in [0, 0.1) is 12.7 Å². The first-order chi connectivity index (χ1) is 14.8. The van der Waals surface area contributed by atoms with Crippen molar-refractivity contribution in [2.75, 3.05) is 19.7 Å². The number of benzene rings is 1. The van der Waals surface area contributed by atoms with Gasteiger partial charge in [0.2, 0.25) is 10.0 Å². The van der Waals surface area contributed by atoms with E-state index in [-0.39, 0.29) is 30.1 Å². The van der Waals surface area contributed by atoms with E-state index in [1.54, 1.807) is 24.5 Å². The molecule has 1 atom stereocenters. The standard InChI is InChI=1S/C20H23FN4O5S/c1-14-10-16(5-6-17(14)21)31(28,29)25-8-3-9-30-18(25)13-24-20(27)19(26)23-12-15-4-2-7-22-11-15/h2,4-7,10-11,18H,3,8-9,12-13H2,1H3,(H,23,26)(H,24,27)/t18-/m0/s1. The molecule has 0 spiro atoms. The summed E-state index contributed by atoms with van der Waals surface area (Å²) in [7, 11) is -3.98. The summed E-state index contributed by atoms with van der Waals surface area (Å²) in [6.07, 6.45) is 2.64. The quantitative estimate of drug-likeness (QED) is 0.626. The maximum absolute atomic E-state index is 13.5. The largest absolute Gasteiger partial charge is 0.360 e. The fourth-order valence-electron chi connectivity index (χ4n) is 3.04. The van der Waals surface area contributed by atoms with Crippen molar-refractivity contribution in [1.29, 1.82) is 0 Å². The van der Waals surface area contributed by atoms with Crippen molar-refractivity contribution >= 4 is 21.8 Å². The molecule has 2 N–H and O–H groups in total. The van der Waals surface area contributed by atoms with E-state index in [0.717, 1.165) is 15.9 Å². The van der Waals surface area contributed by atoms with Gasteiger partial charge in [-0.15, -0.1) is 0 Å². The van der Waals surface area contributed by atoms with Crippen molar-refractivity contribution in [3.63, 3.8) is 0 Å². The van der Waals surface area contributed by atoms with Crippen molar-refractivity contribution in [2.45, 2.75) is 31.0 Å². The molecule has 3 rings (SSSR count). The molecule has 0 unspecified atom stereocenters. The van der Waals surface area contributed by atoms with E-state index < -0.39 is 33.9 Å². The predicted molar refractivity (Wildman–Crippen MR) is 108 cm³/mol. The molecular weight excluding hydrogens is 427 g/mol. The van der Waals surface area contributed by atoms with Crippen LogP contribution in [-0.2, 0) is 30.9 Å². The Balaban J connectivity index is 1.62. The molecule has 1 aromatic carbocycles. The molecule has 2 amide bonds. The van der Waals surface area contributed by atoms with Crippen LogP contribution in [0.5, 0.6) is 0 Å². The van der Waals surface area contributed by atoms with E-state index in [9.17, 15) is 22.4 Å². The number of amides is 2. The predicted octanol–water partition coefficient (Wildman–Crippen LogP) is 0.699. The third-order valence-electron chi connectivity index (χ3n) is 4.71. The van der Waals surface area contributed by atoms with E-state index in [1.807, 2.05) is 0 Å². The molecule has 11 heteroatoms. The van der Waals surface area contributed by atoms with Gasteiger partial charge >= 0.3 is 11.8 Å².